The van der Waals surface area contributed by atoms with Crippen LogP contribution in [0.15, 0.2) is 97.1 Å². The Hall–Kier alpha value is -4.98. The van der Waals surface area contributed by atoms with Gasteiger partial charge in [0.05, 0.1) is 11.1 Å². The van der Waals surface area contributed by atoms with Crippen LogP contribution in [-0.4, -0.2) is 34.0 Å². The molecule has 0 aliphatic rings. The lowest BCUT2D eigenvalue weighted by molar-refractivity contribution is -0.114. The van der Waals surface area contributed by atoms with Crippen molar-refractivity contribution in [3.8, 4) is 0 Å². The average molecular weight is 460 g/mol. The second-order valence-corrected chi connectivity index (χ2v) is 6.45. The number of carboxylic acid groups (broad SMARTS) is 2. The van der Waals surface area contributed by atoms with Crippen LogP contribution in [-0.2, 0) is 9.59 Å². The number of carbonyl (C=O) groups excluding carboxylic acids is 2. The summed E-state index contributed by atoms with van der Waals surface area (Å²) in [6.45, 7) is 0. The number of aromatic carboxylic acids is 2. The SMILES string of the molecule is NC(=O)/C=C/c1ccccc1.NC(=O)/C=C/c1ccccc1.O=C(O)c1ccccc1C(=O)O. The summed E-state index contributed by atoms with van der Waals surface area (Å²) in [4.78, 5) is 41.5. The molecular weight excluding hydrogens is 436 g/mol. The number of primary amides is 2. The molecule has 0 unspecified atom stereocenters. The summed E-state index contributed by atoms with van der Waals surface area (Å²) < 4.78 is 0. The van der Waals surface area contributed by atoms with Crippen LogP contribution >= 0.6 is 0 Å². The van der Waals surface area contributed by atoms with Gasteiger partial charge in [-0.15, -0.1) is 0 Å². The van der Waals surface area contributed by atoms with E-state index in [4.69, 9.17) is 21.7 Å². The highest BCUT2D eigenvalue weighted by Crippen LogP contribution is 2.08. The van der Waals surface area contributed by atoms with Crippen molar-refractivity contribution < 1.29 is 29.4 Å². The number of carboxylic acids is 2. The number of amides is 2. The molecule has 3 aromatic carbocycles. The summed E-state index contributed by atoms with van der Waals surface area (Å²) in [6, 6.07) is 24.5. The molecule has 6 N–H and O–H groups in total. The second kappa shape index (κ2) is 14.9. The topological polar surface area (TPSA) is 161 Å². The first-order chi connectivity index (χ1) is 16.2. The quantitative estimate of drug-likeness (QED) is 0.412. The van der Waals surface area contributed by atoms with Crippen LogP contribution in [0.1, 0.15) is 31.8 Å². The van der Waals surface area contributed by atoms with Crippen LogP contribution in [0, 0.1) is 0 Å². The Labute approximate surface area is 196 Å². The average Bonchev–Trinajstić information content (AvgIpc) is 2.83. The largest absolute Gasteiger partial charge is 0.478 e. The fourth-order valence-electron chi connectivity index (χ4n) is 2.34. The fourth-order valence-corrected chi connectivity index (χ4v) is 2.34. The number of nitrogens with two attached hydrogens (primary N) is 2. The van der Waals surface area contributed by atoms with Crippen molar-refractivity contribution >= 4 is 35.9 Å². The van der Waals surface area contributed by atoms with Gasteiger partial charge in [-0.2, -0.15) is 0 Å². The van der Waals surface area contributed by atoms with Gasteiger partial charge in [0.25, 0.3) is 0 Å². The van der Waals surface area contributed by atoms with Gasteiger partial charge in [0.2, 0.25) is 11.8 Å². The standard InChI is InChI=1S/2C9H9NO.C8H6O4/c2*10-9(11)7-6-8-4-2-1-3-5-8;9-7(10)5-3-1-2-4-6(5)8(11)12/h2*1-7H,(H2,10,11);1-4H,(H,9,10)(H,11,12)/b2*7-6+;. The van der Waals surface area contributed by atoms with Gasteiger partial charge >= 0.3 is 11.9 Å². The third-order valence-electron chi connectivity index (χ3n) is 3.87. The van der Waals surface area contributed by atoms with Crippen molar-refractivity contribution in [2.75, 3.05) is 0 Å². The normalized spacial score (nSPS) is 9.88. The number of carbonyl (C=O) groups is 4. The minimum Gasteiger partial charge on any atom is -0.478 e. The lowest BCUT2D eigenvalue weighted by Gasteiger charge is -1.98. The summed E-state index contributed by atoms with van der Waals surface area (Å²) >= 11 is 0. The molecule has 2 amide bonds. The van der Waals surface area contributed by atoms with Gasteiger partial charge in [-0.05, 0) is 35.4 Å². The van der Waals surface area contributed by atoms with Crippen LogP contribution in [0.2, 0.25) is 0 Å². The monoisotopic (exact) mass is 460 g/mol. The molecule has 0 atom stereocenters. The van der Waals surface area contributed by atoms with Crippen LogP contribution < -0.4 is 11.5 Å². The van der Waals surface area contributed by atoms with Crippen LogP contribution in [0.25, 0.3) is 12.2 Å². The Morgan fingerprint density at radius 2 is 0.824 bits per heavy atom. The van der Waals surface area contributed by atoms with E-state index in [0.717, 1.165) is 11.1 Å². The summed E-state index contributed by atoms with van der Waals surface area (Å²) in [5.74, 6) is -3.30. The first kappa shape index (κ1) is 27.1. The Kier molecular flexibility index (Phi) is 11.9. The number of hydrogen-bond acceptors (Lipinski definition) is 4. The second-order valence-electron chi connectivity index (χ2n) is 6.45. The zero-order valence-electron chi connectivity index (χ0n) is 18.1. The fraction of sp³-hybridized carbons (Fsp3) is 0. The molecule has 0 spiro atoms. The predicted molar refractivity (Wildman–Crippen MR) is 130 cm³/mol. The van der Waals surface area contributed by atoms with Crippen LogP contribution in [0.4, 0.5) is 0 Å². The van der Waals surface area contributed by atoms with E-state index in [0.29, 0.717) is 0 Å². The molecule has 34 heavy (non-hydrogen) atoms. The van der Waals surface area contributed by atoms with Crippen molar-refractivity contribution in [2.24, 2.45) is 11.5 Å². The van der Waals surface area contributed by atoms with E-state index < -0.39 is 23.8 Å². The number of benzene rings is 3. The minimum absolute atomic E-state index is 0.190. The summed E-state index contributed by atoms with van der Waals surface area (Å²) in [6.07, 6.45) is 6.05. The molecule has 3 aromatic rings. The van der Waals surface area contributed by atoms with Gasteiger partial charge in [-0.3, -0.25) is 9.59 Å². The maximum Gasteiger partial charge on any atom is 0.336 e. The molecule has 0 radical (unpaired) electrons. The van der Waals surface area contributed by atoms with Crippen LogP contribution in [0.3, 0.4) is 0 Å². The molecule has 174 valence electrons. The molecule has 3 rings (SSSR count). The van der Waals surface area contributed by atoms with E-state index in [9.17, 15) is 19.2 Å². The predicted octanol–water partition coefficient (Wildman–Crippen LogP) is 3.45. The number of rotatable bonds is 6. The molecule has 0 saturated heterocycles. The molecule has 0 aliphatic heterocycles. The van der Waals surface area contributed by atoms with E-state index >= 15 is 0 Å². The van der Waals surface area contributed by atoms with Crippen molar-refractivity contribution in [3.05, 3.63) is 119 Å². The minimum atomic E-state index is -1.23. The van der Waals surface area contributed by atoms with Crippen LogP contribution in [0.5, 0.6) is 0 Å². The highest BCUT2D eigenvalue weighted by atomic mass is 16.4. The lowest BCUT2D eigenvalue weighted by Crippen LogP contribution is -2.06. The van der Waals surface area contributed by atoms with Gasteiger partial charge in [0, 0.05) is 12.2 Å². The molecule has 0 bridgehead atoms. The van der Waals surface area contributed by atoms with E-state index in [1.54, 1.807) is 12.2 Å². The Balaban J connectivity index is 0.000000255. The van der Waals surface area contributed by atoms with Gasteiger partial charge in [-0.25, -0.2) is 9.59 Å². The summed E-state index contributed by atoms with van der Waals surface area (Å²) in [5, 5.41) is 17.1. The molecular formula is C26H24N2O6. The molecule has 8 nitrogen and oxygen atoms in total. The van der Waals surface area contributed by atoms with Gasteiger partial charge in [0.15, 0.2) is 0 Å². The molecule has 0 heterocycles. The summed E-state index contributed by atoms with van der Waals surface area (Å²) in [5.41, 5.74) is 11.4. The third-order valence-corrected chi connectivity index (χ3v) is 3.87. The maximum atomic E-state index is 10.5. The molecule has 0 fully saturated rings. The first-order valence-electron chi connectivity index (χ1n) is 9.81. The molecule has 0 aromatic heterocycles. The van der Waals surface area contributed by atoms with E-state index in [1.165, 1.54) is 36.4 Å². The van der Waals surface area contributed by atoms with Gasteiger partial charge in [0.1, 0.15) is 0 Å². The van der Waals surface area contributed by atoms with E-state index in [1.807, 2.05) is 60.7 Å². The third kappa shape index (κ3) is 11.4. The molecule has 0 saturated carbocycles. The smallest absolute Gasteiger partial charge is 0.336 e. The van der Waals surface area contributed by atoms with E-state index in [2.05, 4.69) is 0 Å². The Morgan fingerprint density at radius 3 is 1.09 bits per heavy atom. The van der Waals surface area contributed by atoms with Gasteiger partial charge in [-0.1, -0.05) is 72.8 Å². The molecule has 0 aliphatic carbocycles. The van der Waals surface area contributed by atoms with E-state index in [-0.39, 0.29) is 11.1 Å². The van der Waals surface area contributed by atoms with Crippen molar-refractivity contribution in [3.63, 3.8) is 0 Å². The zero-order chi connectivity index (χ0) is 25.3. The summed E-state index contributed by atoms with van der Waals surface area (Å²) in [7, 11) is 0. The van der Waals surface area contributed by atoms with Gasteiger partial charge < -0.3 is 21.7 Å². The lowest BCUT2D eigenvalue weighted by atomic mass is 10.1. The highest BCUT2D eigenvalue weighted by molar-refractivity contribution is 6.01. The highest BCUT2D eigenvalue weighted by Gasteiger charge is 2.13. The Bertz CT molecular complexity index is 1060. The maximum absolute atomic E-state index is 10.5. The zero-order valence-corrected chi connectivity index (χ0v) is 18.1. The first-order valence-corrected chi connectivity index (χ1v) is 9.81. The van der Waals surface area contributed by atoms with Crippen molar-refractivity contribution in [1.82, 2.24) is 0 Å². The van der Waals surface area contributed by atoms with Crippen molar-refractivity contribution in [2.45, 2.75) is 0 Å². The molecule has 8 heteroatoms. The number of hydrogen-bond donors (Lipinski definition) is 4. The Morgan fingerprint density at radius 1 is 0.529 bits per heavy atom. The van der Waals surface area contributed by atoms with Crippen molar-refractivity contribution in [1.29, 1.82) is 0 Å².